The van der Waals surface area contributed by atoms with Gasteiger partial charge in [-0.1, -0.05) is 6.07 Å². The van der Waals surface area contributed by atoms with E-state index in [0.29, 0.717) is 24.7 Å². The Hall–Kier alpha value is -1.90. The molecule has 8 heteroatoms. The summed E-state index contributed by atoms with van der Waals surface area (Å²) in [7, 11) is 0. The standard InChI is InChI=1S/C18H18BrN3O2S2/c1-3-23-15-9-12(8-13(19)17(15)24-4-2)10-20-22-18-21-14(11-26-18)16-6-5-7-25-16/h5-11H,3-4H2,1-2H3,(H,21,22)/b20-10-. The average Bonchev–Trinajstić information content (AvgIpc) is 3.29. The first-order valence-electron chi connectivity index (χ1n) is 8.08. The van der Waals surface area contributed by atoms with E-state index in [4.69, 9.17) is 9.47 Å². The Morgan fingerprint density at radius 1 is 1.23 bits per heavy atom. The van der Waals surface area contributed by atoms with E-state index in [1.807, 2.05) is 42.8 Å². The van der Waals surface area contributed by atoms with E-state index in [-0.39, 0.29) is 0 Å². The molecule has 0 bridgehead atoms. The Balaban J connectivity index is 1.72. The lowest BCUT2D eigenvalue weighted by molar-refractivity contribution is 0.286. The van der Waals surface area contributed by atoms with Crippen molar-refractivity contribution in [2.75, 3.05) is 18.6 Å². The fourth-order valence-electron chi connectivity index (χ4n) is 2.23. The number of hydrogen-bond acceptors (Lipinski definition) is 7. The maximum Gasteiger partial charge on any atom is 0.203 e. The van der Waals surface area contributed by atoms with E-state index in [1.54, 1.807) is 17.6 Å². The van der Waals surface area contributed by atoms with Gasteiger partial charge in [0, 0.05) is 5.38 Å². The van der Waals surface area contributed by atoms with Crippen LogP contribution in [0.4, 0.5) is 5.13 Å². The molecule has 0 amide bonds. The summed E-state index contributed by atoms with van der Waals surface area (Å²) in [5.74, 6) is 1.40. The summed E-state index contributed by atoms with van der Waals surface area (Å²) < 4.78 is 12.2. The van der Waals surface area contributed by atoms with Crippen molar-refractivity contribution in [1.82, 2.24) is 4.98 Å². The van der Waals surface area contributed by atoms with Gasteiger partial charge < -0.3 is 9.47 Å². The number of rotatable bonds is 8. The smallest absolute Gasteiger partial charge is 0.203 e. The number of nitrogens with one attached hydrogen (secondary N) is 1. The van der Waals surface area contributed by atoms with Crippen molar-refractivity contribution in [2.45, 2.75) is 13.8 Å². The number of thiophene rings is 1. The average molecular weight is 452 g/mol. The maximum absolute atomic E-state index is 5.67. The first-order valence-corrected chi connectivity index (χ1v) is 10.6. The van der Waals surface area contributed by atoms with E-state index in [1.165, 1.54) is 11.3 Å². The van der Waals surface area contributed by atoms with Crippen molar-refractivity contribution < 1.29 is 9.47 Å². The first kappa shape index (κ1) is 18.9. The Morgan fingerprint density at radius 2 is 2.08 bits per heavy atom. The summed E-state index contributed by atoms with van der Waals surface area (Å²) in [5, 5.41) is 9.09. The monoisotopic (exact) mass is 451 g/mol. The SMILES string of the molecule is CCOc1cc(/C=N\Nc2nc(-c3cccs3)cs2)cc(Br)c1OCC. The van der Waals surface area contributed by atoms with Crippen LogP contribution in [0.3, 0.4) is 0 Å². The molecule has 3 rings (SSSR count). The summed E-state index contributed by atoms with van der Waals surface area (Å²) in [6.45, 7) is 5.03. The minimum Gasteiger partial charge on any atom is -0.490 e. The molecule has 136 valence electrons. The van der Waals surface area contributed by atoms with E-state index in [9.17, 15) is 0 Å². The van der Waals surface area contributed by atoms with Gasteiger partial charge in [-0.2, -0.15) is 5.10 Å². The van der Waals surface area contributed by atoms with Crippen molar-refractivity contribution in [3.8, 4) is 22.1 Å². The molecule has 26 heavy (non-hydrogen) atoms. The second kappa shape index (κ2) is 9.16. The Morgan fingerprint density at radius 3 is 2.81 bits per heavy atom. The van der Waals surface area contributed by atoms with Gasteiger partial charge in [-0.25, -0.2) is 4.98 Å². The zero-order valence-electron chi connectivity index (χ0n) is 14.4. The van der Waals surface area contributed by atoms with Gasteiger partial charge >= 0.3 is 0 Å². The van der Waals surface area contributed by atoms with Crippen LogP contribution in [0, 0.1) is 0 Å². The third-order valence-electron chi connectivity index (χ3n) is 3.27. The minimum absolute atomic E-state index is 0.565. The molecule has 0 aliphatic heterocycles. The number of hydrogen-bond donors (Lipinski definition) is 1. The van der Waals surface area contributed by atoms with Gasteiger partial charge in [-0.15, -0.1) is 22.7 Å². The second-order valence-corrected chi connectivity index (χ2v) is 7.74. The molecule has 1 aromatic carbocycles. The summed E-state index contributed by atoms with van der Waals surface area (Å²) in [6.07, 6.45) is 1.73. The van der Waals surface area contributed by atoms with Crippen molar-refractivity contribution in [2.24, 2.45) is 5.10 Å². The van der Waals surface area contributed by atoms with Gasteiger partial charge in [-0.05, 0) is 58.9 Å². The van der Waals surface area contributed by atoms with Crippen LogP contribution in [0.2, 0.25) is 0 Å². The summed E-state index contributed by atoms with van der Waals surface area (Å²) in [6, 6.07) is 7.92. The summed E-state index contributed by atoms with van der Waals surface area (Å²) in [4.78, 5) is 5.69. The van der Waals surface area contributed by atoms with E-state index < -0.39 is 0 Å². The quantitative estimate of drug-likeness (QED) is 0.343. The molecule has 0 saturated heterocycles. The van der Waals surface area contributed by atoms with Gasteiger partial charge in [-0.3, -0.25) is 5.43 Å². The molecular formula is C18H18BrN3O2S2. The number of halogens is 1. The van der Waals surface area contributed by atoms with E-state index >= 15 is 0 Å². The highest BCUT2D eigenvalue weighted by atomic mass is 79.9. The summed E-state index contributed by atoms with van der Waals surface area (Å²) >= 11 is 6.73. The number of thiazole rings is 1. The second-order valence-electron chi connectivity index (χ2n) is 5.08. The van der Waals surface area contributed by atoms with Crippen molar-refractivity contribution in [1.29, 1.82) is 0 Å². The van der Waals surface area contributed by atoms with Gasteiger partial charge in [0.1, 0.15) is 0 Å². The van der Waals surface area contributed by atoms with E-state index in [2.05, 4.69) is 37.5 Å². The predicted molar refractivity (Wildman–Crippen MR) is 113 cm³/mol. The Kier molecular flexibility index (Phi) is 6.65. The highest BCUT2D eigenvalue weighted by Crippen LogP contribution is 2.36. The van der Waals surface area contributed by atoms with Crippen LogP contribution in [0.25, 0.3) is 10.6 Å². The number of nitrogens with zero attached hydrogens (tertiary/aromatic N) is 2. The highest BCUT2D eigenvalue weighted by molar-refractivity contribution is 9.10. The van der Waals surface area contributed by atoms with E-state index in [0.717, 1.165) is 25.7 Å². The first-order chi connectivity index (χ1) is 12.7. The van der Waals surface area contributed by atoms with Crippen molar-refractivity contribution in [3.63, 3.8) is 0 Å². The van der Waals surface area contributed by atoms with Crippen LogP contribution in [0.1, 0.15) is 19.4 Å². The molecular weight excluding hydrogens is 434 g/mol. The normalized spacial score (nSPS) is 11.0. The Bertz CT molecular complexity index is 879. The fraction of sp³-hybridized carbons (Fsp3) is 0.222. The molecule has 0 saturated carbocycles. The number of hydrazone groups is 1. The van der Waals surface area contributed by atoms with Crippen LogP contribution < -0.4 is 14.9 Å². The lowest BCUT2D eigenvalue weighted by atomic mass is 10.2. The highest BCUT2D eigenvalue weighted by Gasteiger charge is 2.11. The number of aromatic nitrogens is 1. The lowest BCUT2D eigenvalue weighted by Crippen LogP contribution is -2.00. The molecule has 0 atom stereocenters. The zero-order chi connectivity index (χ0) is 18.4. The molecule has 5 nitrogen and oxygen atoms in total. The summed E-state index contributed by atoms with van der Waals surface area (Å²) in [5.41, 5.74) is 4.84. The van der Waals surface area contributed by atoms with Gasteiger partial charge in [0.25, 0.3) is 0 Å². The molecule has 0 fully saturated rings. The third kappa shape index (κ3) is 4.63. The third-order valence-corrected chi connectivity index (χ3v) is 5.50. The topological polar surface area (TPSA) is 55.7 Å². The van der Waals surface area contributed by atoms with Gasteiger partial charge in [0.2, 0.25) is 5.13 Å². The molecule has 2 heterocycles. The molecule has 0 aliphatic rings. The van der Waals surface area contributed by atoms with Crippen LogP contribution in [0.5, 0.6) is 11.5 Å². The molecule has 2 aromatic heterocycles. The maximum atomic E-state index is 5.67. The zero-order valence-corrected chi connectivity index (χ0v) is 17.6. The molecule has 0 spiro atoms. The molecule has 1 N–H and O–H groups in total. The van der Waals surface area contributed by atoms with Crippen molar-refractivity contribution >= 4 is 49.9 Å². The van der Waals surface area contributed by atoms with Gasteiger partial charge in [0.15, 0.2) is 11.5 Å². The fourth-order valence-corrected chi connectivity index (χ4v) is 4.23. The van der Waals surface area contributed by atoms with Crippen LogP contribution in [-0.4, -0.2) is 24.4 Å². The Labute approximate surface area is 168 Å². The molecule has 0 aliphatic carbocycles. The number of benzene rings is 1. The number of anilines is 1. The van der Waals surface area contributed by atoms with Crippen LogP contribution in [0.15, 0.2) is 44.6 Å². The molecule has 0 unspecified atom stereocenters. The lowest BCUT2D eigenvalue weighted by Gasteiger charge is -2.13. The predicted octanol–water partition coefficient (Wildman–Crippen LogP) is 5.88. The van der Waals surface area contributed by atoms with Crippen molar-refractivity contribution in [3.05, 3.63) is 45.1 Å². The molecule has 0 radical (unpaired) electrons. The van der Waals surface area contributed by atoms with Gasteiger partial charge in [0.05, 0.1) is 34.5 Å². The van der Waals surface area contributed by atoms with Crippen LogP contribution in [-0.2, 0) is 0 Å². The largest absolute Gasteiger partial charge is 0.490 e. The molecule has 3 aromatic rings. The minimum atomic E-state index is 0.565. The van der Waals surface area contributed by atoms with Crippen LogP contribution >= 0.6 is 38.6 Å². The number of ether oxygens (including phenoxy) is 2.